The van der Waals surface area contributed by atoms with Crippen LogP contribution in [0.2, 0.25) is 5.02 Å². The average molecular weight is 297 g/mol. The average Bonchev–Trinajstić information content (AvgIpc) is 2.42. The monoisotopic (exact) mass is 296 g/mol. The van der Waals surface area contributed by atoms with Crippen molar-refractivity contribution in [3.63, 3.8) is 0 Å². The van der Waals surface area contributed by atoms with E-state index >= 15 is 0 Å². The van der Waals surface area contributed by atoms with Gasteiger partial charge >= 0.3 is 0 Å². The fourth-order valence-corrected chi connectivity index (χ4v) is 1.65. The number of benzene rings is 1. The van der Waals surface area contributed by atoms with Gasteiger partial charge in [-0.1, -0.05) is 11.6 Å². The zero-order valence-corrected chi connectivity index (χ0v) is 12.8. The Balaban J connectivity index is 2.30. The molecule has 0 aliphatic heterocycles. The second kappa shape index (κ2) is 8.43. The number of aliphatic imine (C=N–C) groups is 1. The lowest BCUT2D eigenvalue weighted by molar-refractivity contribution is 0.0954. The number of nitrogens with zero attached hydrogens (tertiary/aromatic N) is 1. The number of hydrogen-bond donors (Lipinski definition) is 3. The maximum Gasteiger partial charge on any atom is 0.251 e. The summed E-state index contributed by atoms with van der Waals surface area (Å²) < 4.78 is 0. The number of amides is 1. The normalized spacial score (nSPS) is 11.3. The Labute approximate surface area is 124 Å². The second-order valence-electron chi connectivity index (χ2n) is 4.56. The zero-order chi connectivity index (χ0) is 15.0. The highest BCUT2D eigenvalue weighted by molar-refractivity contribution is 6.30. The first kappa shape index (κ1) is 16.3. The van der Waals surface area contributed by atoms with Crippen LogP contribution in [0.3, 0.4) is 0 Å². The van der Waals surface area contributed by atoms with Crippen LogP contribution in [0.1, 0.15) is 24.2 Å². The predicted octanol–water partition coefficient (Wildman–Crippen LogP) is 1.64. The van der Waals surface area contributed by atoms with Gasteiger partial charge in [-0.05, 0) is 38.1 Å². The van der Waals surface area contributed by atoms with Gasteiger partial charge in [0.15, 0.2) is 5.96 Å². The van der Waals surface area contributed by atoms with E-state index in [1.54, 1.807) is 31.3 Å². The second-order valence-corrected chi connectivity index (χ2v) is 5.00. The fourth-order valence-electron chi connectivity index (χ4n) is 1.53. The molecule has 1 aromatic rings. The van der Waals surface area contributed by atoms with Gasteiger partial charge in [-0.25, -0.2) is 0 Å². The molecule has 1 aromatic carbocycles. The van der Waals surface area contributed by atoms with Gasteiger partial charge in [-0.3, -0.25) is 9.79 Å². The Morgan fingerprint density at radius 1 is 1.20 bits per heavy atom. The van der Waals surface area contributed by atoms with Crippen molar-refractivity contribution >= 4 is 23.5 Å². The van der Waals surface area contributed by atoms with E-state index in [1.165, 1.54) is 0 Å². The van der Waals surface area contributed by atoms with Crippen LogP contribution < -0.4 is 16.0 Å². The van der Waals surface area contributed by atoms with Crippen molar-refractivity contribution in [3.05, 3.63) is 34.9 Å². The third-order valence-electron chi connectivity index (χ3n) is 2.46. The van der Waals surface area contributed by atoms with Crippen LogP contribution in [0.15, 0.2) is 29.3 Å². The van der Waals surface area contributed by atoms with Crippen molar-refractivity contribution in [2.75, 3.05) is 20.1 Å². The molecule has 0 radical (unpaired) electrons. The van der Waals surface area contributed by atoms with Crippen molar-refractivity contribution < 1.29 is 4.79 Å². The lowest BCUT2D eigenvalue weighted by Crippen LogP contribution is -2.44. The minimum absolute atomic E-state index is 0.115. The molecule has 0 spiro atoms. The molecule has 110 valence electrons. The predicted molar refractivity (Wildman–Crippen MR) is 83.4 cm³/mol. The molecular weight excluding hydrogens is 276 g/mol. The van der Waals surface area contributed by atoms with Crippen LogP contribution in [0.4, 0.5) is 0 Å². The van der Waals surface area contributed by atoms with Crippen LogP contribution in [0.5, 0.6) is 0 Å². The zero-order valence-electron chi connectivity index (χ0n) is 12.0. The van der Waals surface area contributed by atoms with Gasteiger partial charge in [0.05, 0.1) is 0 Å². The standard InChI is InChI=1S/C14H21ClN4O/c1-10(2)19-14(16-3)18-9-8-17-13(20)11-4-6-12(15)7-5-11/h4-7,10H,8-9H2,1-3H3,(H,17,20)(H2,16,18,19). The van der Waals surface area contributed by atoms with E-state index in [-0.39, 0.29) is 5.91 Å². The summed E-state index contributed by atoms with van der Waals surface area (Å²) in [4.78, 5) is 15.9. The van der Waals surface area contributed by atoms with Gasteiger partial charge in [0.25, 0.3) is 5.91 Å². The molecular formula is C14H21ClN4O. The fraction of sp³-hybridized carbons (Fsp3) is 0.429. The van der Waals surface area contributed by atoms with Gasteiger partial charge in [0, 0.05) is 36.8 Å². The minimum Gasteiger partial charge on any atom is -0.355 e. The van der Waals surface area contributed by atoms with Gasteiger partial charge in [0.1, 0.15) is 0 Å². The van der Waals surface area contributed by atoms with E-state index in [0.717, 1.165) is 5.96 Å². The lowest BCUT2D eigenvalue weighted by Gasteiger charge is -2.14. The Morgan fingerprint density at radius 3 is 2.35 bits per heavy atom. The van der Waals surface area contributed by atoms with Gasteiger partial charge in [0.2, 0.25) is 0 Å². The molecule has 20 heavy (non-hydrogen) atoms. The first-order valence-electron chi connectivity index (χ1n) is 6.54. The largest absolute Gasteiger partial charge is 0.355 e. The molecule has 0 fully saturated rings. The van der Waals surface area contributed by atoms with Crippen molar-refractivity contribution in [3.8, 4) is 0 Å². The van der Waals surface area contributed by atoms with E-state index in [1.807, 2.05) is 13.8 Å². The van der Waals surface area contributed by atoms with Crippen LogP contribution in [-0.2, 0) is 0 Å². The highest BCUT2D eigenvalue weighted by atomic mass is 35.5. The Kier molecular flexibility index (Phi) is 6.87. The quantitative estimate of drug-likeness (QED) is 0.440. The molecule has 0 saturated heterocycles. The molecule has 1 rings (SSSR count). The number of hydrogen-bond acceptors (Lipinski definition) is 2. The molecule has 0 atom stereocenters. The van der Waals surface area contributed by atoms with Crippen LogP contribution in [-0.4, -0.2) is 38.0 Å². The maximum atomic E-state index is 11.8. The molecule has 0 aliphatic carbocycles. The van der Waals surface area contributed by atoms with E-state index in [9.17, 15) is 4.79 Å². The third kappa shape index (κ3) is 5.93. The van der Waals surface area contributed by atoms with E-state index in [4.69, 9.17) is 11.6 Å². The summed E-state index contributed by atoms with van der Waals surface area (Å²) in [6, 6.07) is 7.10. The molecule has 1 amide bonds. The highest BCUT2D eigenvalue weighted by Gasteiger charge is 2.04. The molecule has 0 aliphatic rings. The highest BCUT2D eigenvalue weighted by Crippen LogP contribution is 2.08. The Bertz CT molecular complexity index is 457. The van der Waals surface area contributed by atoms with Crippen LogP contribution >= 0.6 is 11.6 Å². The number of guanidine groups is 1. The molecule has 0 aromatic heterocycles. The lowest BCUT2D eigenvalue weighted by atomic mass is 10.2. The molecule has 0 heterocycles. The summed E-state index contributed by atoms with van der Waals surface area (Å²) in [5.41, 5.74) is 0.596. The van der Waals surface area contributed by atoms with Crippen molar-refractivity contribution in [1.29, 1.82) is 0 Å². The number of halogens is 1. The molecule has 5 nitrogen and oxygen atoms in total. The Hall–Kier alpha value is -1.75. The van der Waals surface area contributed by atoms with Crippen LogP contribution in [0.25, 0.3) is 0 Å². The minimum atomic E-state index is -0.115. The number of nitrogens with one attached hydrogen (secondary N) is 3. The van der Waals surface area contributed by atoms with E-state index in [2.05, 4.69) is 20.9 Å². The molecule has 3 N–H and O–H groups in total. The first-order chi connectivity index (χ1) is 9.52. The van der Waals surface area contributed by atoms with E-state index in [0.29, 0.717) is 29.7 Å². The van der Waals surface area contributed by atoms with Crippen molar-refractivity contribution in [2.24, 2.45) is 4.99 Å². The van der Waals surface area contributed by atoms with Crippen molar-refractivity contribution in [1.82, 2.24) is 16.0 Å². The molecule has 0 unspecified atom stereocenters. The number of carbonyl (C=O) groups excluding carboxylic acids is 1. The van der Waals surface area contributed by atoms with Gasteiger partial charge in [-0.2, -0.15) is 0 Å². The van der Waals surface area contributed by atoms with Gasteiger partial charge in [-0.15, -0.1) is 0 Å². The molecule has 6 heteroatoms. The number of carbonyl (C=O) groups is 1. The van der Waals surface area contributed by atoms with Crippen molar-refractivity contribution in [2.45, 2.75) is 19.9 Å². The van der Waals surface area contributed by atoms with Crippen LogP contribution in [0, 0.1) is 0 Å². The van der Waals surface area contributed by atoms with Gasteiger partial charge < -0.3 is 16.0 Å². The molecule has 0 saturated carbocycles. The Morgan fingerprint density at radius 2 is 1.80 bits per heavy atom. The summed E-state index contributed by atoms with van der Waals surface area (Å²) in [6.07, 6.45) is 0. The smallest absolute Gasteiger partial charge is 0.251 e. The summed E-state index contributed by atoms with van der Waals surface area (Å²) in [6.45, 7) is 5.19. The third-order valence-corrected chi connectivity index (χ3v) is 2.71. The molecule has 0 bridgehead atoms. The van der Waals surface area contributed by atoms with E-state index < -0.39 is 0 Å². The summed E-state index contributed by atoms with van der Waals surface area (Å²) >= 11 is 5.77. The summed E-state index contributed by atoms with van der Waals surface area (Å²) in [7, 11) is 1.71. The summed E-state index contributed by atoms with van der Waals surface area (Å²) in [5, 5.41) is 9.73. The summed E-state index contributed by atoms with van der Waals surface area (Å²) in [5.74, 6) is 0.607. The topological polar surface area (TPSA) is 65.5 Å². The number of rotatable bonds is 5. The maximum absolute atomic E-state index is 11.8. The SMILES string of the molecule is CN=C(NCCNC(=O)c1ccc(Cl)cc1)NC(C)C. The first-order valence-corrected chi connectivity index (χ1v) is 6.91.